The molecular weight excluding hydrogens is 533 g/mol. The van der Waals surface area contributed by atoms with Crippen LogP contribution in [0.2, 0.25) is 0 Å². The van der Waals surface area contributed by atoms with Crippen molar-refractivity contribution in [2.24, 2.45) is 23.7 Å². The van der Waals surface area contributed by atoms with Crippen molar-refractivity contribution in [2.45, 2.75) is 65.1 Å². The molecule has 172 valence electrons. The van der Waals surface area contributed by atoms with E-state index >= 15 is 0 Å². The minimum atomic E-state index is -0.937. The minimum absolute atomic E-state index is 0. The van der Waals surface area contributed by atoms with Gasteiger partial charge < -0.3 is 9.80 Å². The normalized spacial score (nSPS) is 11.1. The Balaban J connectivity index is -0.000000451. The largest absolute Gasteiger partial charge is 0.340 e. The molecule has 0 bridgehead atoms. The maximum absolute atomic E-state index is 11.6. The molecule has 4 nitrogen and oxygen atoms in total. The zero-order valence-corrected chi connectivity index (χ0v) is 24.5. The van der Waals surface area contributed by atoms with Gasteiger partial charge in [0.1, 0.15) is 0 Å². The van der Waals surface area contributed by atoms with E-state index in [4.69, 9.17) is 46.4 Å². The molecule has 0 rings (SSSR count). The van der Waals surface area contributed by atoms with E-state index in [1.54, 1.807) is 9.80 Å². The predicted molar refractivity (Wildman–Crippen MR) is 124 cm³/mol. The van der Waals surface area contributed by atoms with Gasteiger partial charge in [-0.2, -0.15) is 0 Å². The number of amides is 2. The van der Waals surface area contributed by atoms with Gasteiger partial charge in [0.05, 0.1) is 0 Å². The molecule has 0 aliphatic carbocycles. The summed E-state index contributed by atoms with van der Waals surface area (Å²) in [6, 6.07) is 0. The van der Waals surface area contributed by atoms with Crippen LogP contribution in [0.3, 0.4) is 0 Å². The molecule has 0 heterocycles. The second-order valence-corrected chi connectivity index (χ2v) is 10.9. The third kappa shape index (κ3) is 19.4. The van der Waals surface area contributed by atoms with Crippen LogP contribution in [0.15, 0.2) is 0 Å². The van der Waals surface area contributed by atoms with Crippen LogP contribution in [-0.2, 0) is 35.8 Å². The van der Waals surface area contributed by atoms with Crippen LogP contribution in [0, 0.1) is 23.7 Å². The Morgan fingerprint density at radius 2 is 0.724 bits per heavy atom. The van der Waals surface area contributed by atoms with Gasteiger partial charge in [0.15, 0.2) is 9.67 Å². The molecule has 0 saturated carbocycles. The Kier molecular flexibility index (Phi) is 22.1. The van der Waals surface area contributed by atoms with Crippen molar-refractivity contribution in [1.29, 1.82) is 0 Å². The van der Waals surface area contributed by atoms with E-state index < -0.39 is 9.67 Å². The van der Waals surface area contributed by atoms with Crippen LogP contribution in [0.5, 0.6) is 0 Å². The van der Waals surface area contributed by atoms with Gasteiger partial charge in [-0.15, -0.1) is 0 Å². The zero-order chi connectivity index (χ0) is 22.6. The number of nitrogens with zero attached hydrogens (tertiary/aromatic N) is 2. The van der Waals surface area contributed by atoms with E-state index in [-0.39, 0.29) is 38.0 Å². The van der Waals surface area contributed by atoms with Crippen molar-refractivity contribution in [2.75, 3.05) is 26.2 Å². The average Bonchev–Trinajstić information content (AvgIpc) is 2.50. The van der Waals surface area contributed by atoms with Gasteiger partial charge in [-0.1, -0.05) is 102 Å². The van der Waals surface area contributed by atoms with Crippen molar-refractivity contribution < 1.29 is 35.8 Å². The van der Waals surface area contributed by atoms with Crippen LogP contribution < -0.4 is 0 Å². The first-order valence-corrected chi connectivity index (χ1v) is 11.6. The minimum Gasteiger partial charge on any atom is -0.340 e. The molecule has 0 aromatic heterocycles. The van der Waals surface area contributed by atoms with Crippen LogP contribution in [0.25, 0.3) is 0 Å². The number of carbonyl (C=O) groups excluding carboxylic acids is 2. The molecule has 0 radical (unpaired) electrons. The fourth-order valence-corrected chi connectivity index (χ4v) is 3.10. The van der Waals surface area contributed by atoms with E-state index in [1.807, 2.05) is 0 Å². The van der Waals surface area contributed by atoms with Crippen molar-refractivity contribution in [3.8, 4) is 0 Å². The third-order valence-corrected chi connectivity index (χ3v) is 4.09. The average molecular weight is 572 g/mol. The summed E-state index contributed by atoms with van der Waals surface area (Å²) in [4.78, 5) is 24.7. The quantitative estimate of drug-likeness (QED) is 0.309. The predicted octanol–water partition coefficient (Wildman–Crippen LogP) is 5.86. The Hall–Kier alpha value is 0.983. The van der Waals surface area contributed by atoms with Gasteiger partial charge in [-0.05, 0) is 23.7 Å². The number of hydrogen-bond acceptors (Lipinski definition) is 2. The first-order valence-electron chi connectivity index (χ1n) is 9.82. The maximum Gasteiger partial charge on any atom is 0.255 e. The molecule has 0 aliphatic rings. The van der Waals surface area contributed by atoms with Gasteiger partial charge in [0.2, 0.25) is 0 Å². The van der Waals surface area contributed by atoms with Crippen LogP contribution in [-0.4, -0.2) is 57.5 Å². The van der Waals surface area contributed by atoms with Gasteiger partial charge in [-0.25, -0.2) is 0 Å². The number of rotatable bonds is 10. The Bertz CT molecular complexity index is 388. The van der Waals surface area contributed by atoms with Crippen molar-refractivity contribution in [3.05, 3.63) is 0 Å². The second-order valence-electron chi connectivity index (χ2n) is 8.66. The van der Waals surface area contributed by atoms with E-state index in [0.717, 1.165) is 0 Å². The summed E-state index contributed by atoms with van der Waals surface area (Å²) < 4.78 is 0. The molecule has 0 aliphatic heterocycles. The molecule has 29 heavy (non-hydrogen) atoms. The summed E-state index contributed by atoms with van der Waals surface area (Å²) in [7, 11) is 0. The van der Waals surface area contributed by atoms with E-state index in [1.165, 1.54) is 0 Å². The fraction of sp³-hybridized carbons (Fsp3) is 0.900. The molecule has 0 N–H and O–H groups in total. The molecule has 0 saturated heterocycles. The second kappa shape index (κ2) is 18.5. The molecule has 0 fully saturated rings. The summed E-state index contributed by atoms with van der Waals surface area (Å²) in [5.41, 5.74) is 0. The molecule has 2 amide bonds. The molecule has 0 aromatic carbocycles. The number of carbonyl (C=O) groups is 2. The summed E-state index contributed by atoms with van der Waals surface area (Å²) in [5, 5.41) is 0. The van der Waals surface area contributed by atoms with Gasteiger partial charge in [0, 0.05) is 52.4 Å². The Labute approximate surface area is 217 Å². The molecule has 0 spiro atoms. The third-order valence-electron chi connectivity index (χ3n) is 3.34. The van der Waals surface area contributed by atoms with Gasteiger partial charge in [-0.3, -0.25) is 9.59 Å². The SMILES string of the molecule is CC(C)CN(CC(C)C)C(=O)C(Cl)Cl.CC(C)CN(CC(C)C)C(=O)C(Cl)Cl.[Zr]. The van der Waals surface area contributed by atoms with Crippen molar-refractivity contribution in [3.63, 3.8) is 0 Å². The molecule has 9 heteroatoms. The van der Waals surface area contributed by atoms with Crippen molar-refractivity contribution >= 4 is 58.2 Å². The Morgan fingerprint density at radius 3 is 0.828 bits per heavy atom. The molecular formula is C20H38Cl4N2O2Zr. The first-order chi connectivity index (χ1) is 12.7. The van der Waals surface area contributed by atoms with Crippen LogP contribution in [0.1, 0.15) is 55.4 Å². The zero-order valence-electron chi connectivity index (χ0n) is 19.0. The fourth-order valence-electron chi connectivity index (χ4n) is 2.55. The van der Waals surface area contributed by atoms with Crippen LogP contribution >= 0.6 is 46.4 Å². The van der Waals surface area contributed by atoms with Gasteiger partial charge in [0.25, 0.3) is 11.8 Å². The number of hydrogen-bond donors (Lipinski definition) is 0. The monoisotopic (exact) mass is 568 g/mol. The summed E-state index contributed by atoms with van der Waals surface area (Å²) >= 11 is 22.3. The summed E-state index contributed by atoms with van der Waals surface area (Å²) in [5.74, 6) is 1.37. The molecule has 0 aromatic rings. The maximum atomic E-state index is 11.6. The topological polar surface area (TPSA) is 40.6 Å². The Morgan fingerprint density at radius 1 is 0.552 bits per heavy atom. The van der Waals surface area contributed by atoms with E-state index in [0.29, 0.717) is 49.9 Å². The standard InChI is InChI=1S/2C10H19Cl2NO.Zr/c2*1-7(2)5-13(6-8(3)4)10(14)9(11)12;/h2*7-9H,5-6H2,1-4H3;. The smallest absolute Gasteiger partial charge is 0.255 e. The number of halogens is 4. The van der Waals surface area contributed by atoms with E-state index in [2.05, 4.69) is 55.4 Å². The van der Waals surface area contributed by atoms with Gasteiger partial charge >= 0.3 is 0 Å². The van der Waals surface area contributed by atoms with E-state index in [9.17, 15) is 9.59 Å². The van der Waals surface area contributed by atoms with Crippen LogP contribution in [0.4, 0.5) is 0 Å². The van der Waals surface area contributed by atoms with Crippen molar-refractivity contribution in [1.82, 2.24) is 9.80 Å². The first kappa shape index (κ1) is 34.6. The molecule has 0 unspecified atom stereocenters. The summed E-state index contributed by atoms with van der Waals surface area (Å²) in [6.45, 7) is 19.4. The number of alkyl halides is 4. The summed E-state index contributed by atoms with van der Waals surface area (Å²) in [6.07, 6.45) is 0. The molecule has 0 atom stereocenters.